The Morgan fingerprint density at radius 1 is 1.04 bits per heavy atom. The number of nitrogens with two attached hydrogens (primary N) is 2. The zero-order valence-electron chi connectivity index (χ0n) is 26.5. The smallest absolute Gasteiger partial charge is 0.240 e. The van der Waals surface area contributed by atoms with Crippen molar-refractivity contribution in [1.29, 1.82) is 0 Å². The van der Waals surface area contributed by atoms with Gasteiger partial charge in [0.2, 0.25) is 11.8 Å². The van der Waals surface area contributed by atoms with E-state index in [1.807, 2.05) is 30.2 Å². The highest BCUT2D eigenvalue weighted by molar-refractivity contribution is 5.92. The molecule has 4 heterocycles. The van der Waals surface area contributed by atoms with Crippen LogP contribution in [0.25, 0.3) is 33.5 Å². The van der Waals surface area contributed by atoms with E-state index >= 15 is 0 Å². The lowest BCUT2D eigenvalue weighted by Gasteiger charge is -2.29. The average Bonchev–Trinajstić information content (AvgIpc) is 3.80. The first kappa shape index (κ1) is 32.1. The van der Waals surface area contributed by atoms with Gasteiger partial charge in [-0.25, -0.2) is 18.2 Å². The number of carbonyl (C=O) groups excluding carboxylic acids is 2. The van der Waals surface area contributed by atoms with E-state index in [9.17, 15) is 22.8 Å². The molecule has 2 saturated heterocycles. The molecule has 5 atom stereocenters. The van der Waals surface area contributed by atoms with Crippen molar-refractivity contribution >= 4 is 33.8 Å². The van der Waals surface area contributed by atoms with Crippen LogP contribution in [0, 0.1) is 17.6 Å². The number of H-pyrrole nitrogens is 1. The Morgan fingerprint density at radius 2 is 1.78 bits per heavy atom. The number of amides is 2. The Bertz CT molecular complexity index is 1770. The van der Waals surface area contributed by atoms with Gasteiger partial charge in [0.25, 0.3) is 0 Å². The van der Waals surface area contributed by atoms with Gasteiger partial charge in [0, 0.05) is 42.5 Å². The number of hydrogen-bond acceptors (Lipinski definition) is 5. The number of rotatable bonds is 9. The molecule has 6 rings (SSSR count). The van der Waals surface area contributed by atoms with E-state index in [4.69, 9.17) is 16.5 Å². The van der Waals surface area contributed by atoms with E-state index in [0.29, 0.717) is 47.5 Å². The number of aromatic nitrogens is 3. The van der Waals surface area contributed by atoms with Crippen LogP contribution in [0.4, 0.5) is 13.2 Å². The number of halogens is 3. The summed E-state index contributed by atoms with van der Waals surface area (Å²) in [4.78, 5) is 38.2. The van der Waals surface area contributed by atoms with Crippen molar-refractivity contribution in [3.05, 3.63) is 53.6 Å². The Hall–Kier alpha value is -3.90. The lowest BCUT2D eigenvalue weighted by Crippen LogP contribution is -2.49. The SMILES string of the molecule is CCC(N)C(=O)N1CCC[C@H]1Cc1c(-c2nc3cc(F)ccc3n2C[C@@H]2C[C@H](F)CN2C(=O)C(N)C(C)C)[nH]c2cc(F)ccc12. The molecule has 2 fully saturated rings. The van der Waals surface area contributed by atoms with Crippen LogP contribution >= 0.6 is 0 Å². The minimum absolute atomic E-state index is 0.0527. The first-order valence-corrected chi connectivity index (χ1v) is 16.2. The summed E-state index contributed by atoms with van der Waals surface area (Å²) in [6.45, 7) is 6.33. The minimum Gasteiger partial charge on any atom is -0.352 e. The second-order valence-corrected chi connectivity index (χ2v) is 13.1. The predicted molar refractivity (Wildman–Crippen MR) is 171 cm³/mol. The summed E-state index contributed by atoms with van der Waals surface area (Å²) in [5.74, 6) is -0.940. The highest BCUT2D eigenvalue weighted by Gasteiger charge is 2.39. The fourth-order valence-corrected chi connectivity index (χ4v) is 7.06. The van der Waals surface area contributed by atoms with Crippen molar-refractivity contribution in [2.45, 2.75) is 89.8 Å². The second kappa shape index (κ2) is 12.7. The largest absolute Gasteiger partial charge is 0.352 e. The summed E-state index contributed by atoms with van der Waals surface area (Å²) in [5, 5.41) is 0.782. The number of benzene rings is 2. The monoisotopic (exact) mass is 637 g/mol. The van der Waals surface area contributed by atoms with Gasteiger partial charge in [-0.2, -0.15) is 0 Å². The van der Waals surface area contributed by atoms with Gasteiger partial charge >= 0.3 is 0 Å². The Balaban J connectivity index is 1.46. The number of imidazole rings is 1. The summed E-state index contributed by atoms with van der Waals surface area (Å²) in [6.07, 6.45) is 1.53. The minimum atomic E-state index is -1.21. The summed E-state index contributed by atoms with van der Waals surface area (Å²) < 4.78 is 45.8. The molecule has 246 valence electrons. The van der Waals surface area contributed by atoms with Crippen molar-refractivity contribution in [2.24, 2.45) is 17.4 Å². The van der Waals surface area contributed by atoms with Crippen LogP contribution in [0.1, 0.15) is 52.0 Å². The number of aromatic amines is 1. The molecule has 2 aliphatic heterocycles. The van der Waals surface area contributed by atoms with Crippen LogP contribution in [0.15, 0.2) is 36.4 Å². The molecule has 5 N–H and O–H groups in total. The van der Waals surface area contributed by atoms with Crippen LogP contribution in [-0.4, -0.2) is 79.6 Å². The Morgan fingerprint density at radius 3 is 2.52 bits per heavy atom. The fourth-order valence-electron chi connectivity index (χ4n) is 7.06. The van der Waals surface area contributed by atoms with E-state index < -0.39 is 35.9 Å². The molecule has 0 bridgehead atoms. The molecule has 0 spiro atoms. The third-order valence-corrected chi connectivity index (χ3v) is 9.70. The normalized spacial score (nSPS) is 21.6. The second-order valence-electron chi connectivity index (χ2n) is 13.1. The summed E-state index contributed by atoms with van der Waals surface area (Å²) in [6, 6.07) is 6.83. The van der Waals surface area contributed by atoms with Crippen LogP contribution in [0.5, 0.6) is 0 Å². The number of hydrogen-bond donors (Lipinski definition) is 3. The van der Waals surface area contributed by atoms with Gasteiger partial charge in [0.1, 0.15) is 17.8 Å². The van der Waals surface area contributed by atoms with Gasteiger partial charge in [-0.05, 0) is 67.5 Å². The van der Waals surface area contributed by atoms with E-state index in [1.165, 1.54) is 29.2 Å². The van der Waals surface area contributed by atoms with Gasteiger partial charge in [0.15, 0.2) is 5.82 Å². The molecule has 2 aromatic carbocycles. The van der Waals surface area contributed by atoms with Crippen LogP contribution in [-0.2, 0) is 22.6 Å². The average molecular weight is 638 g/mol. The van der Waals surface area contributed by atoms with Crippen molar-refractivity contribution in [3.8, 4) is 11.5 Å². The third-order valence-electron chi connectivity index (χ3n) is 9.70. The van der Waals surface area contributed by atoms with Crippen molar-refractivity contribution in [3.63, 3.8) is 0 Å². The summed E-state index contributed by atoms with van der Waals surface area (Å²) in [5.41, 5.74) is 15.4. The Kier molecular flexibility index (Phi) is 8.86. The number of nitrogens with zero attached hydrogens (tertiary/aromatic N) is 4. The van der Waals surface area contributed by atoms with E-state index in [-0.39, 0.29) is 43.3 Å². The molecule has 0 aliphatic carbocycles. The highest BCUT2D eigenvalue weighted by Crippen LogP contribution is 2.37. The molecule has 46 heavy (non-hydrogen) atoms. The molecule has 0 radical (unpaired) electrons. The number of carbonyl (C=O) groups is 2. The van der Waals surface area contributed by atoms with Gasteiger partial charge in [-0.15, -0.1) is 0 Å². The molecule has 2 unspecified atom stereocenters. The third kappa shape index (κ3) is 5.88. The molecule has 2 amide bonds. The lowest BCUT2D eigenvalue weighted by molar-refractivity contribution is -0.135. The van der Waals surface area contributed by atoms with Gasteiger partial charge < -0.3 is 30.8 Å². The lowest BCUT2D eigenvalue weighted by atomic mass is 9.99. The van der Waals surface area contributed by atoms with Gasteiger partial charge in [0.05, 0.1) is 41.4 Å². The predicted octanol–water partition coefficient (Wildman–Crippen LogP) is 4.66. The van der Waals surface area contributed by atoms with E-state index in [1.54, 1.807) is 12.1 Å². The molecular formula is C34H42F3N7O2. The molecule has 2 aromatic heterocycles. The van der Waals surface area contributed by atoms with E-state index in [2.05, 4.69) is 4.98 Å². The molecule has 2 aliphatic rings. The van der Waals surface area contributed by atoms with Crippen molar-refractivity contribution in [2.75, 3.05) is 13.1 Å². The molecule has 12 heteroatoms. The fraction of sp³-hybridized carbons (Fsp3) is 0.500. The number of likely N-dealkylation sites (tertiary alicyclic amines) is 2. The number of alkyl halides is 1. The highest BCUT2D eigenvalue weighted by atomic mass is 19.1. The quantitative estimate of drug-likeness (QED) is 0.246. The molecule has 4 aromatic rings. The topological polar surface area (TPSA) is 126 Å². The standard InChI is InChI=1S/C34H42F3N7O2/c1-4-26(38)33(45)42-11-5-6-22(42)15-25-24-9-7-19(35)13-27(24)40-31(25)32-41-28-14-20(36)8-10-29(28)44(32)17-23-12-21(37)16-43(23)34(46)30(39)18(2)3/h7-10,13-14,18,21-23,26,30,40H,4-6,11-12,15-17,38-39H2,1-3H3/t21-,22-,23-,26?,30?/m0/s1. The van der Waals surface area contributed by atoms with Crippen LogP contribution < -0.4 is 11.5 Å². The van der Waals surface area contributed by atoms with Crippen LogP contribution in [0.3, 0.4) is 0 Å². The zero-order valence-corrected chi connectivity index (χ0v) is 26.5. The van der Waals surface area contributed by atoms with Gasteiger partial charge in [-0.1, -0.05) is 20.8 Å². The maximum Gasteiger partial charge on any atom is 0.240 e. The maximum absolute atomic E-state index is 14.9. The number of fused-ring (bicyclic) bond motifs is 2. The van der Waals surface area contributed by atoms with Gasteiger partial charge in [-0.3, -0.25) is 9.59 Å². The van der Waals surface area contributed by atoms with E-state index in [0.717, 1.165) is 23.8 Å². The van der Waals surface area contributed by atoms with Crippen molar-refractivity contribution < 1.29 is 22.8 Å². The number of nitrogens with one attached hydrogen (secondary N) is 1. The Labute approximate surface area is 266 Å². The summed E-state index contributed by atoms with van der Waals surface area (Å²) in [7, 11) is 0. The molecule has 9 nitrogen and oxygen atoms in total. The maximum atomic E-state index is 14.9. The first-order chi connectivity index (χ1) is 22.0. The first-order valence-electron chi connectivity index (χ1n) is 16.2. The molecular weight excluding hydrogens is 595 g/mol. The van der Waals surface area contributed by atoms with Crippen LogP contribution in [0.2, 0.25) is 0 Å². The molecule has 0 saturated carbocycles. The summed E-state index contributed by atoms with van der Waals surface area (Å²) >= 11 is 0. The van der Waals surface area contributed by atoms with Crippen molar-refractivity contribution in [1.82, 2.24) is 24.3 Å². The zero-order chi connectivity index (χ0) is 32.9.